The third kappa shape index (κ3) is 8.45. The van der Waals surface area contributed by atoms with Crippen LogP contribution in [0.2, 0.25) is 0 Å². The first kappa shape index (κ1) is 49.0. The van der Waals surface area contributed by atoms with Crippen LogP contribution in [-0.2, 0) is 0 Å². The lowest BCUT2D eigenvalue weighted by molar-refractivity contribution is 1.10. The van der Waals surface area contributed by atoms with Gasteiger partial charge in [0.15, 0.2) is 5.82 Å². The van der Waals surface area contributed by atoms with Gasteiger partial charge in [0.1, 0.15) is 0 Å². The minimum Gasteiger partial charge on any atom is -0.309 e. The summed E-state index contributed by atoms with van der Waals surface area (Å²) >= 11 is 0. The van der Waals surface area contributed by atoms with Gasteiger partial charge in [-0.25, -0.2) is 9.97 Å². The average Bonchev–Trinajstić information content (AvgIpc) is 4.26. The van der Waals surface area contributed by atoms with E-state index in [0.29, 0.717) is 5.82 Å². The predicted molar refractivity (Wildman–Crippen MR) is 334 cm³/mol. The molecule has 14 rings (SSSR count). The topological polar surface area (TPSA) is 35.6 Å². The quantitative estimate of drug-likeness (QED) is 0.144. The van der Waals surface area contributed by atoms with Crippen LogP contribution < -0.4 is 0 Å². The SMILES string of the molecule is C=C(C)c1ccccc1C.C=Cc1c(C=C)n(-c2cccc(-c3cc(-c4ccccc4)nc(-c4ccccc4)n3)c2)c2ccc(-c3ccc4c(c3)c3c5cccc6c5c(cc3n4-c3ccccc3)-c3ccccc3-6)cc12.CC. The first-order chi connectivity index (χ1) is 38.4. The highest BCUT2D eigenvalue weighted by atomic mass is 15.0. The molecule has 0 N–H and O–H groups in total. The summed E-state index contributed by atoms with van der Waals surface area (Å²) in [6.07, 6.45) is 3.90. The zero-order valence-electron chi connectivity index (χ0n) is 44.5. The summed E-state index contributed by atoms with van der Waals surface area (Å²) in [6.45, 7) is 20.7. The first-order valence-electron chi connectivity index (χ1n) is 26.8. The summed E-state index contributed by atoms with van der Waals surface area (Å²) < 4.78 is 4.73. The molecule has 0 fully saturated rings. The van der Waals surface area contributed by atoms with Crippen LogP contribution in [0, 0.1) is 6.92 Å². The van der Waals surface area contributed by atoms with Gasteiger partial charge in [0.25, 0.3) is 0 Å². The minimum atomic E-state index is 0.687. The van der Waals surface area contributed by atoms with Crippen LogP contribution in [0.3, 0.4) is 0 Å². The van der Waals surface area contributed by atoms with Crippen LogP contribution in [0.25, 0.3) is 140 Å². The maximum absolute atomic E-state index is 5.14. The maximum atomic E-state index is 5.14. The summed E-state index contributed by atoms with van der Waals surface area (Å²) in [5.74, 6) is 0.687. The Kier molecular flexibility index (Phi) is 13.0. The van der Waals surface area contributed by atoms with Gasteiger partial charge < -0.3 is 9.13 Å². The Morgan fingerprint density at radius 2 is 0.962 bits per heavy atom. The second-order valence-electron chi connectivity index (χ2n) is 19.6. The van der Waals surface area contributed by atoms with E-state index in [1.165, 1.54) is 66.0 Å². The van der Waals surface area contributed by atoms with Crippen molar-refractivity contribution in [1.29, 1.82) is 0 Å². The zero-order chi connectivity index (χ0) is 53.4. The molecule has 0 saturated carbocycles. The molecule has 1 aliphatic carbocycles. The van der Waals surface area contributed by atoms with E-state index in [9.17, 15) is 0 Å². The highest BCUT2D eigenvalue weighted by molar-refractivity contribution is 6.29. The lowest BCUT2D eigenvalue weighted by atomic mass is 9.96. The van der Waals surface area contributed by atoms with Gasteiger partial charge in [0, 0.05) is 49.8 Å². The fraction of sp³-hybridized carbons (Fsp3) is 0.0541. The fourth-order valence-electron chi connectivity index (χ4n) is 11.5. The second kappa shape index (κ2) is 20.7. The standard InChI is InChI=1S/C62H40N4.C10H12.C2H6/c1-3-46-51-35-41(42-31-33-58-53(36-42)61-50-29-17-28-49-47-26-14-15-27-48(47)52(60(49)50)37-59(61)65(58)44-23-12-7-13-24-44)30-32-57(51)66(56(46)4-2)45-25-16-22-43(34-45)55-38-54(39-18-8-5-9-19-39)63-62(64-55)40-20-10-6-11-21-40;1-8(2)10-7-5-4-6-9(10)3;1-2/h3-38H,1-2H2;4-7H,1H2,2-3H3;1-2H3. The minimum absolute atomic E-state index is 0.687. The van der Waals surface area contributed by atoms with Crippen molar-refractivity contribution in [2.75, 3.05) is 0 Å². The number of allylic oxidation sites excluding steroid dienone is 1. The predicted octanol–water partition coefficient (Wildman–Crippen LogP) is 20.3. The van der Waals surface area contributed by atoms with E-state index in [2.05, 4.69) is 218 Å². The third-order valence-corrected chi connectivity index (χ3v) is 15.0. The molecule has 3 heterocycles. The molecule has 0 aliphatic heterocycles. The summed E-state index contributed by atoms with van der Waals surface area (Å²) in [5.41, 5.74) is 23.6. The molecule has 0 bridgehead atoms. The van der Waals surface area contributed by atoms with Crippen LogP contribution >= 0.6 is 0 Å². The molecule has 3 aromatic heterocycles. The number of aryl methyl sites for hydroxylation is 1. The Hall–Kier alpha value is -9.90. The smallest absolute Gasteiger partial charge is 0.160 e. The van der Waals surface area contributed by atoms with Crippen molar-refractivity contribution in [3.63, 3.8) is 0 Å². The monoisotopic (exact) mass is 1000 g/mol. The third-order valence-electron chi connectivity index (χ3n) is 15.0. The van der Waals surface area contributed by atoms with Crippen LogP contribution in [0.5, 0.6) is 0 Å². The Labute approximate surface area is 456 Å². The molecule has 78 heavy (non-hydrogen) atoms. The molecule has 4 heteroatoms. The summed E-state index contributed by atoms with van der Waals surface area (Å²) in [7, 11) is 0. The van der Waals surface area contributed by atoms with E-state index < -0.39 is 0 Å². The van der Waals surface area contributed by atoms with E-state index in [1.54, 1.807) is 0 Å². The number of rotatable bonds is 9. The number of aromatic nitrogens is 4. The molecule has 0 unspecified atom stereocenters. The molecule has 10 aromatic carbocycles. The summed E-state index contributed by atoms with van der Waals surface area (Å²) in [4.78, 5) is 10.2. The van der Waals surface area contributed by atoms with Gasteiger partial charge in [-0.2, -0.15) is 0 Å². The number of nitrogens with zero attached hydrogens (tertiary/aromatic N) is 4. The van der Waals surface area contributed by atoms with E-state index in [-0.39, 0.29) is 0 Å². The molecule has 13 aromatic rings. The van der Waals surface area contributed by atoms with E-state index >= 15 is 0 Å². The van der Waals surface area contributed by atoms with Gasteiger partial charge >= 0.3 is 0 Å². The van der Waals surface area contributed by atoms with Gasteiger partial charge in [-0.05, 0) is 136 Å². The molecular weight excluding hydrogens is 945 g/mol. The summed E-state index contributed by atoms with van der Waals surface area (Å²) in [6, 6.07) is 82.1. The molecule has 0 spiro atoms. The molecule has 4 nitrogen and oxygen atoms in total. The summed E-state index contributed by atoms with van der Waals surface area (Å²) in [5, 5.41) is 6.22. The van der Waals surface area contributed by atoms with Crippen molar-refractivity contribution in [2.45, 2.75) is 27.7 Å². The lowest BCUT2D eigenvalue weighted by Gasteiger charge is -2.13. The van der Waals surface area contributed by atoms with Crippen molar-refractivity contribution < 1.29 is 0 Å². The number of fused-ring (bicyclic) bond motifs is 8. The van der Waals surface area contributed by atoms with E-state index in [4.69, 9.17) is 9.97 Å². The van der Waals surface area contributed by atoms with Gasteiger partial charge in [0.2, 0.25) is 0 Å². The van der Waals surface area contributed by atoms with Crippen LogP contribution in [-0.4, -0.2) is 19.1 Å². The number of para-hydroxylation sites is 1. The van der Waals surface area contributed by atoms with Gasteiger partial charge in [0.05, 0.1) is 33.6 Å². The molecule has 0 atom stereocenters. The largest absolute Gasteiger partial charge is 0.309 e. The highest BCUT2D eigenvalue weighted by Gasteiger charge is 2.26. The molecule has 374 valence electrons. The van der Waals surface area contributed by atoms with Crippen molar-refractivity contribution in [3.8, 4) is 78.7 Å². The van der Waals surface area contributed by atoms with Crippen molar-refractivity contribution in [2.24, 2.45) is 0 Å². The molecule has 0 saturated heterocycles. The zero-order valence-corrected chi connectivity index (χ0v) is 44.5. The van der Waals surface area contributed by atoms with Gasteiger partial charge in [-0.15, -0.1) is 0 Å². The average molecular weight is 1000 g/mol. The van der Waals surface area contributed by atoms with Crippen LogP contribution in [0.15, 0.2) is 250 Å². The van der Waals surface area contributed by atoms with Crippen molar-refractivity contribution >= 4 is 61.2 Å². The van der Waals surface area contributed by atoms with Gasteiger partial charge in [-0.3, -0.25) is 0 Å². The second-order valence-corrected chi connectivity index (χ2v) is 19.6. The Balaban J connectivity index is 0.000000456. The highest BCUT2D eigenvalue weighted by Crippen LogP contribution is 2.51. The lowest BCUT2D eigenvalue weighted by Crippen LogP contribution is -1.99. The van der Waals surface area contributed by atoms with Crippen molar-refractivity contribution in [3.05, 3.63) is 273 Å². The molecule has 0 amide bonds. The van der Waals surface area contributed by atoms with Crippen LogP contribution in [0.1, 0.15) is 43.2 Å². The first-order valence-corrected chi connectivity index (χ1v) is 26.8. The molecular formula is C74H58N4. The molecule has 1 aliphatic rings. The Morgan fingerprint density at radius 1 is 0.410 bits per heavy atom. The fourth-order valence-corrected chi connectivity index (χ4v) is 11.5. The van der Waals surface area contributed by atoms with Gasteiger partial charge in [-0.1, -0.05) is 215 Å². The maximum Gasteiger partial charge on any atom is 0.160 e. The van der Waals surface area contributed by atoms with Crippen molar-refractivity contribution in [1.82, 2.24) is 19.1 Å². The van der Waals surface area contributed by atoms with E-state index in [1.807, 2.05) is 81.5 Å². The Bertz CT molecular complexity index is 4400. The number of hydrogen-bond donors (Lipinski definition) is 0. The normalized spacial score (nSPS) is 11.2. The van der Waals surface area contributed by atoms with Crippen LogP contribution in [0.4, 0.5) is 0 Å². The Morgan fingerprint density at radius 3 is 1.62 bits per heavy atom. The molecule has 0 radical (unpaired) electrons. The number of benzene rings is 10. The van der Waals surface area contributed by atoms with E-state index in [0.717, 1.165) is 78.3 Å². The number of hydrogen-bond acceptors (Lipinski definition) is 2.